The number of halogens is 5. The van der Waals surface area contributed by atoms with Crippen LogP contribution in [0.1, 0.15) is 16.1 Å². The highest BCUT2D eigenvalue weighted by atomic mass is 79.9. The lowest BCUT2D eigenvalue weighted by molar-refractivity contribution is 0.101. The van der Waals surface area contributed by atoms with E-state index < -0.39 is 5.91 Å². The maximum atomic E-state index is 12.6. The van der Waals surface area contributed by atoms with Gasteiger partial charge in [-0.05, 0) is 51.8 Å². The Hall–Kier alpha value is -2.23. The molecule has 170 valence electrons. The van der Waals surface area contributed by atoms with Gasteiger partial charge >= 0.3 is 0 Å². The molecule has 1 N–H and O–H groups in total. The number of nitrogens with one attached hydrogen (secondary N) is 1. The van der Waals surface area contributed by atoms with Gasteiger partial charge in [0.25, 0.3) is 5.91 Å². The SMILES string of the molecule is O=C(Nc1nn(Cc2ccc(Cl)cc2Cl)cc1Br)c1ccn(COc2cccc(Cl)c2Cl)n1. The number of benzene rings is 2. The lowest BCUT2D eigenvalue weighted by Crippen LogP contribution is -2.15. The summed E-state index contributed by atoms with van der Waals surface area (Å²) in [5.74, 6) is 0.340. The molecule has 0 atom stereocenters. The predicted octanol–water partition coefficient (Wildman–Crippen LogP) is 6.79. The van der Waals surface area contributed by atoms with Gasteiger partial charge in [-0.1, -0.05) is 58.5 Å². The first-order chi connectivity index (χ1) is 15.8. The van der Waals surface area contributed by atoms with Crippen LogP contribution in [0.15, 0.2) is 59.3 Å². The predicted molar refractivity (Wildman–Crippen MR) is 133 cm³/mol. The molecule has 0 spiro atoms. The fourth-order valence-electron chi connectivity index (χ4n) is 2.84. The van der Waals surface area contributed by atoms with E-state index in [0.717, 1.165) is 5.56 Å². The Balaban J connectivity index is 1.39. The van der Waals surface area contributed by atoms with E-state index in [9.17, 15) is 4.79 Å². The van der Waals surface area contributed by atoms with Crippen molar-refractivity contribution in [3.63, 3.8) is 0 Å². The Bertz CT molecular complexity index is 1320. The van der Waals surface area contributed by atoms with E-state index in [1.54, 1.807) is 53.5 Å². The third-order valence-electron chi connectivity index (χ3n) is 4.44. The number of anilines is 1. The quantitative estimate of drug-likeness (QED) is 0.257. The number of hydrogen-bond donors (Lipinski definition) is 1. The monoisotopic (exact) mass is 587 g/mol. The molecule has 0 fully saturated rings. The highest BCUT2D eigenvalue weighted by Gasteiger charge is 2.15. The second-order valence-electron chi connectivity index (χ2n) is 6.78. The molecule has 1 amide bonds. The lowest BCUT2D eigenvalue weighted by atomic mass is 10.2. The van der Waals surface area contributed by atoms with Crippen LogP contribution in [0.3, 0.4) is 0 Å². The van der Waals surface area contributed by atoms with Crippen LogP contribution in [0.2, 0.25) is 20.1 Å². The highest BCUT2D eigenvalue weighted by molar-refractivity contribution is 9.10. The molecule has 2 aromatic heterocycles. The van der Waals surface area contributed by atoms with Gasteiger partial charge in [0.1, 0.15) is 10.8 Å². The molecule has 0 bridgehead atoms. The van der Waals surface area contributed by atoms with E-state index >= 15 is 0 Å². The number of hydrogen-bond acceptors (Lipinski definition) is 4. The van der Waals surface area contributed by atoms with Gasteiger partial charge in [0, 0.05) is 22.4 Å². The number of carbonyl (C=O) groups is 1. The summed E-state index contributed by atoms with van der Waals surface area (Å²) in [5.41, 5.74) is 1.03. The zero-order valence-corrected chi connectivity index (χ0v) is 21.2. The van der Waals surface area contributed by atoms with Crippen LogP contribution in [-0.4, -0.2) is 25.5 Å². The molecule has 0 radical (unpaired) electrons. The summed E-state index contributed by atoms with van der Waals surface area (Å²) in [4.78, 5) is 12.6. The minimum absolute atomic E-state index is 0.0491. The van der Waals surface area contributed by atoms with Crippen LogP contribution in [0.4, 0.5) is 5.82 Å². The minimum Gasteiger partial charge on any atom is -0.470 e. The summed E-state index contributed by atoms with van der Waals surface area (Å²) in [6.07, 6.45) is 3.35. The summed E-state index contributed by atoms with van der Waals surface area (Å²) in [6, 6.07) is 11.9. The second kappa shape index (κ2) is 10.4. The molecule has 0 saturated carbocycles. The molecule has 2 aromatic carbocycles. The average Bonchev–Trinajstić information content (AvgIpc) is 3.38. The molecule has 7 nitrogen and oxygen atoms in total. The first-order valence-electron chi connectivity index (χ1n) is 9.38. The van der Waals surface area contributed by atoms with E-state index in [2.05, 4.69) is 31.4 Å². The van der Waals surface area contributed by atoms with Crippen molar-refractivity contribution in [3.05, 3.63) is 90.7 Å². The maximum absolute atomic E-state index is 12.6. The number of carbonyl (C=O) groups excluding carboxylic acids is 1. The first kappa shape index (κ1) is 23.9. The average molecular weight is 590 g/mol. The van der Waals surface area contributed by atoms with Crippen LogP contribution >= 0.6 is 62.3 Å². The number of amides is 1. The van der Waals surface area contributed by atoms with Crippen LogP contribution in [-0.2, 0) is 13.3 Å². The van der Waals surface area contributed by atoms with Crippen molar-refractivity contribution < 1.29 is 9.53 Å². The number of nitrogens with zero attached hydrogens (tertiary/aromatic N) is 4. The van der Waals surface area contributed by atoms with E-state index in [-0.39, 0.29) is 12.4 Å². The van der Waals surface area contributed by atoms with Gasteiger partial charge < -0.3 is 10.1 Å². The molecule has 2 heterocycles. The van der Waals surface area contributed by atoms with Crippen molar-refractivity contribution in [1.29, 1.82) is 0 Å². The summed E-state index contributed by atoms with van der Waals surface area (Å²) in [6.45, 7) is 0.454. The van der Waals surface area contributed by atoms with E-state index in [1.807, 2.05) is 6.07 Å². The fourth-order valence-corrected chi connectivity index (χ4v) is 4.07. The van der Waals surface area contributed by atoms with Gasteiger partial charge in [-0.15, -0.1) is 0 Å². The minimum atomic E-state index is -0.426. The third-order valence-corrected chi connectivity index (χ3v) is 6.41. The summed E-state index contributed by atoms with van der Waals surface area (Å²) >= 11 is 27.7. The molecule has 0 unspecified atom stereocenters. The Morgan fingerprint density at radius 3 is 2.64 bits per heavy atom. The van der Waals surface area contributed by atoms with Gasteiger partial charge in [-0.25, -0.2) is 4.68 Å². The Kier molecular flexibility index (Phi) is 7.51. The molecule has 0 aliphatic rings. The van der Waals surface area contributed by atoms with Crippen LogP contribution < -0.4 is 10.1 Å². The molecule has 0 saturated heterocycles. The highest BCUT2D eigenvalue weighted by Crippen LogP contribution is 2.31. The van der Waals surface area contributed by atoms with Crippen molar-refractivity contribution in [3.8, 4) is 5.75 Å². The topological polar surface area (TPSA) is 74.0 Å². The molecule has 4 rings (SSSR count). The zero-order valence-electron chi connectivity index (χ0n) is 16.6. The van der Waals surface area contributed by atoms with Gasteiger partial charge in [0.15, 0.2) is 18.2 Å². The summed E-state index contributed by atoms with van der Waals surface area (Å²) in [5, 5.41) is 13.1. The van der Waals surface area contributed by atoms with Gasteiger partial charge in [-0.2, -0.15) is 10.2 Å². The second-order valence-corrected chi connectivity index (χ2v) is 9.26. The third kappa shape index (κ3) is 5.83. The molecule has 0 aliphatic carbocycles. The van der Waals surface area contributed by atoms with Crippen molar-refractivity contribution >= 4 is 74.1 Å². The van der Waals surface area contributed by atoms with Crippen molar-refractivity contribution in [2.75, 3.05) is 5.32 Å². The van der Waals surface area contributed by atoms with Crippen LogP contribution in [0, 0.1) is 0 Å². The zero-order chi connectivity index (χ0) is 23.5. The molecule has 33 heavy (non-hydrogen) atoms. The van der Waals surface area contributed by atoms with Gasteiger partial charge in [-0.3, -0.25) is 9.48 Å². The van der Waals surface area contributed by atoms with Crippen molar-refractivity contribution in [2.45, 2.75) is 13.3 Å². The van der Waals surface area contributed by atoms with Crippen molar-refractivity contribution in [2.24, 2.45) is 0 Å². The van der Waals surface area contributed by atoms with E-state index in [1.165, 1.54) is 4.68 Å². The normalized spacial score (nSPS) is 10.9. The number of rotatable bonds is 7. The number of aromatic nitrogens is 4. The molecular weight excluding hydrogens is 576 g/mol. The molecular formula is C21H14BrCl4N5O2. The molecule has 4 aromatic rings. The maximum Gasteiger partial charge on any atom is 0.277 e. The van der Waals surface area contributed by atoms with Gasteiger partial charge in [0.05, 0.1) is 16.0 Å². The Morgan fingerprint density at radius 2 is 1.85 bits per heavy atom. The molecule has 12 heteroatoms. The fraction of sp³-hybridized carbons (Fsp3) is 0.0952. The largest absolute Gasteiger partial charge is 0.470 e. The Morgan fingerprint density at radius 1 is 1.03 bits per heavy atom. The number of ether oxygens (including phenoxy) is 1. The van der Waals surface area contributed by atoms with E-state index in [0.29, 0.717) is 42.7 Å². The van der Waals surface area contributed by atoms with E-state index in [4.69, 9.17) is 51.1 Å². The molecule has 0 aliphatic heterocycles. The van der Waals surface area contributed by atoms with Crippen LogP contribution in [0.25, 0.3) is 0 Å². The smallest absolute Gasteiger partial charge is 0.277 e. The van der Waals surface area contributed by atoms with Crippen molar-refractivity contribution in [1.82, 2.24) is 19.6 Å². The van der Waals surface area contributed by atoms with Gasteiger partial charge in [0.2, 0.25) is 0 Å². The standard InChI is InChI=1S/C21H14BrCl4N5O2/c22-14-10-31(9-12-4-5-13(23)8-16(12)25)29-20(14)27-21(32)17-6-7-30(28-17)11-33-18-3-1-2-15(24)19(18)26/h1-8,10H,9,11H2,(H,27,29,32). The summed E-state index contributed by atoms with van der Waals surface area (Å²) in [7, 11) is 0. The van der Waals surface area contributed by atoms with Crippen LogP contribution in [0.5, 0.6) is 5.75 Å². The lowest BCUT2D eigenvalue weighted by Gasteiger charge is -2.08. The first-order valence-corrected chi connectivity index (χ1v) is 11.7. The Labute approximate surface area is 217 Å². The summed E-state index contributed by atoms with van der Waals surface area (Å²) < 4.78 is 9.34.